The molecule has 0 spiro atoms. The maximum absolute atomic E-state index is 13.6. The number of benzene rings is 1. The highest BCUT2D eigenvalue weighted by molar-refractivity contribution is 7.89. The molecule has 0 aliphatic heterocycles. The molecule has 0 saturated carbocycles. The Kier molecular flexibility index (Phi) is 4.60. The first-order chi connectivity index (χ1) is 9.56. The first kappa shape index (κ1) is 16.9. The molecule has 0 aromatic heterocycles. The van der Waals surface area contributed by atoms with Gasteiger partial charge in [0.05, 0.1) is 11.0 Å². The van der Waals surface area contributed by atoms with Gasteiger partial charge in [0.25, 0.3) is 0 Å². The van der Waals surface area contributed by atoms with Crippen LogP contribution in [0.4, 0.5) is 14.5 Å². The van der Waals surface area contributed by atoms with Crippen molar-refractivity contribution in [1.82, 2.24) is 4.72 Å². The van der Waals surface area contributed by atoms with Gasteiger partial charge in [0, 0.05) is 12.1 Å². The van der Waals surface area contributed by atoms with Crippen LogP contribution in [0.15, 0.2) is 17.0 Å². The molecule has 1 N–H and O–H groups in total. The maximum Gasteiger partial charge on any atom is 0.306 e. The van der Waals surface area contributed by atoms with Gasteiger partial charge in [-0.1, -0.05) is 6.92 Å². The van der Waals surface area contributed by atoms with Gasteiger partial charge in [0.1, 0.15) is 16.3 Å². The quantitative estimate of drug-likeness (QED) is 0.657. The number of nitrogens with zero attached hydrogens (tertiary/aromatic N) is 2. The van der Waals surface area contributed by atoms with Crippen molar-refractivity contribution in [1.29, 1.82) is 5.26 Å². The molecule has 1 aromatic rings. The lowest BCUT2D eigenvalue weighted by Crippen LogP contribution is -2.44. The number of halogens is 2. The molecule has 0 fully saturated rings. The van der Waals surface area contributed by atoms with Gasteiger partial charge in [0.2, 0.25) is 15.8 Å². The molecule has 0 aliphatic carbocycles. The van der Waals surface area contributed by atoms with E-state index in [2.05, 4.69) is 0 Å². The lowest BCUT2D eigenvalue weighted by Gasteiger charge is -2.21. The van der Waals surface area contributed by atoms with Gasteiger partial charge >= 0.3 is 5.69 Å². The van der Waals surface area contributed by atoms with E-state index in [4.69, 9.17) is 5.26 Å². The summed E-state index contributed by atoms with van der Waals surface area (Å²) in [5, 5.41) is 19.5. The molecule has 0 heterocycles. The zero-order valence-electron chi connectivity index (χ0n) is 11.1. The fourth-order valence-corrected chi connectivity index (χ4v) is 2.87. The van der Waals surface area contributed by atoms with E-state index in [1.807, 2.05) is 4.72 Å². The van der Waals surface area contributed by atoms with Gasteiger partial charge in [-0.15, -0.1) is 0 Å². The summed E-state index contributed by atoms with van der Waals surface area (Å²) >= 11 is 0. The summed E-state index contributed by atoms with van der Waals surface area (Å²) in [6.07, 6.45) is 0.0770. The van der Waals surface area contributed by atoms with E-state index in [9.17, 15) is 27.3 Å². The summed E-state index contributed by atoms with van der Waals surface area (Å²) < 4.78 is 52.8. The number of rotatable bonds is 5. The minimum atomic E-state index is -4.56. The average molecular weight is 319 g/mol. The van der Waals surface area contributed by atoms with Gasteiger partial charge in [0.15, 0.2) is 0 Å². The molecule has 0 bridgehead atoms. The van der Waals surface area contributed by atoms with Crippen molar-refractivity contribution in [3.63, 3.8) is 0 Å². The summed E-state index contributed by atoms with van der Waals surface area (Å²) in [5.74, 6) is -2.98. The van der Waals surface area contributed by atoms with E-state index in [0.717, 1.165) is 0 Å². The number of hydrogen-bond donors (Lipinski definition) is 1. The number of sulfonamides is 1. The maximum atomic E-state index is 13.6. The minimum absolute atomic E-state index is 0.0770. The van der Waals surface area contributed by atoms with E-state index in [1.54, 1.807) is 6.07 Å². The summed E-state index contributed by atoms with van der Waals surface area (Å²) in [6.45, 7) is 2.79. The highest BCUT2D eigenvalue weighted by Gasteiger charge is 2.33. The molecule has 0 saturated heterocycles. The Bertz CT molecular complexity index is 730. The zero-order valence-corrected chi connectivity index (χ0v) is 11.9. The molecule has 0 aliphatic rings. The Balaban J connectivity index is 3.43. The number of nitro benzene ring substituents is 1. The van der Waals surface area contributed by atoms with E-state index in [1.165, 1.54) is 13.8 Å². The fraction of sp³-hybridized carbons (Fsp3) is 0.364. The summed E-state index contributed by atoms with van der Waals surface area (Å²) in [7, 11) is -4.56. The van der Waals surface area contributed by atoms with Crippen LogP contribution in [0.2, 0.25) is 0 Å². The monoisotopic (exact) mass is 319 g/mol. The third-order valence-electron chi connectivity index (χ3n) is 2.80. The molecule has 1 atom stereocenters. The Morgan fingerprint density at radius 3 is 2.43 bits per heavy atom. The molecule has 21 heavy (non-hydrogen) atoms. The van der Waals surface area contributed by atoms with Crippen LogP contribution in [0.3, 0.4) is 0 Å². The standard InChI is InChI=1S/C11H11F2N3O4S/c1-3-11(2,6-14)15-21(19,20)10-5-9(16(17)18)7(12)4-8(10)13/h4-5,15H,3H2,1-2H3. The number of nitrogens with one attached hydrogen (secondary N) is 1. The first-order valence-corrected chi connectivity index (χ1v) is 7.13. The molecule has 114 valence electrons. The fourth-order valence-electron chi connectivity index (χ4n) is 1.39. The molecular weight excluding hydrogens is 308 g/mol. The second-order valence-electron chi connectivity index (χ2n) is 4.39. The number of nitriles is 1. The van der Waals surface area contributed by atoms with Crippen LogP contribution >= 0.6 is 0 Å². The normalized spacial score (nSPS) is 14.2. The Labute approximate surface area is 119 Å². The summed E-state index contributed by atoms with van der Waals surface area (Å²) in [4.78, 5) is 8.32. The Morgan fingerprint density at radius 1 is 1.43 bits per heavy atom. The molecule has 0 radical (unpaired) electrons. The summed E-state index contributed by atoms with van der Waals surface area (Å²) in [5.41, 5.74) is -2.69. The second kappa shape index (κ2) is 5.71. The molecule has 1 rings (SSSR count). The Morgan fingerprint density at radius 2 is 2.00 bits per heavy atom. The smallest absolute Gasteiger partial charge is 0.258 e. The highest BCUT2D eigenvalue weighted by atomic mass is 32.2. The molecule has 10 heteroatoms. The number of hydrogen-bond acceptors (Lipinski definition) is 5. The van der Waals surface area contributed by atoms with Crippen LogP contribution < -0.4 is 4.72 Å². The molecular formula is C11H11F2N3O4S. The van der Waals surface area contributed by atoms with Gasteiger partial charge < -0.3 is 0 Å². The zero-order chi connectivity index (χ0) is 16.4. The predicted molar refractivity (Wildman–Crippen MR) is 67.6 cm³/mol. The third kappa shape index (κ3) is 3.50. The van der Waals surface area contributed by atoms with Crippen LogP contribution in [-0.4, -0.2) is 18.9 Å². The Hall–Kier alpha value is -2.12. The molecule has 0 amide bonds. The predicted octanol–water partition coefficient (Wildman–Crippen LogP) is 1.84. The van der Waals surface area contributed by atoms with Gasteiger partial charge in [-0.25, -0.2) is 12.8 Å². The van der Waals surface area contributed by atoms with E-state index < -0.39 is 42.7 Å². The van der Waals surface area contributed by atoms with Crippen LogP contribution in [0.25, 0.3) is 0 Å². The van der Waals surface area contributed by atoms with Crippen molar-refractivity contribution < 1.29 is 22.1 Å². The average Bonchev–Trinajstić information content (AvgIpc) is 2.37. The SMILES string of the molecule is CCC(C)(C#N)NS(=O)(=O)c1cc([N+](=O)[O-])c(F)cc1F. The molecule has 1 aromatic carbocycles. The minimum Gasteiger partial charge on any atom is -0.258 e. The van der Waals surface area contributed by atoms with Crippen molar-refractivity contribution in [2.24, 2.45) is 0 Å². The van der Waals surface area contributed by atoms with Crippen LogP contribution in [0.1, 0.15) is 20.3 Å². The van der Waals surface area contributed by atoms with E-state index in [-0.39, 0.29) is 18.6 Å². The lowest BCUT2D eigenvalue weighted by molar-refractivity contribution is -0.387. The van der Waals surface area contributed by atoms with Crippen LogP contribution in [0.5, 0.6) is 0 Å². The first-order valence-electron chi connectivity index (χ1n) is 5.65. The largest absolute Gasteiger partial charge is 0.306 e. The summed E-state index contributed by atoms with van der Waals surface area (Å²) in [6, 6.07) is 2.09. The van der Waals surface area contributed by atoms with E-state index >= 15 is 0 Å². The lowest BCUT2D eigenvalue weighted by atomic mass is 10.0. The van der Waals surface area contributed by atoms with Gasteiger partial charge in [-0.05, 0) is 13.3 Å². The van der Waals surface area contributed by atoms with Crippen molar-refractivity contribution in [3.8, 4) is 6.07 Å². The van der Waals surface area contributed by atoms with Crippen molar-refractivity contribution >= 4 is 15.7 Å². The van der Waals surface area contributed by atoms with Gasteiger partial charge in [-0.3, -0.25) is 10.1 Å². The van der Waals surface area contributed by atoms with Gasteiger partial charge in [-0.2, -0.15) is 14.4 Å². The molecule has 7 nitrogen and oxygen atoms in total. The highest BCUT2D eigenvalue weighted by Crippen LogP contribution is 2.26. The third-order valence-corrected chi connectivity index (χ3v) is 4.41. The van der Waals surface area contributed by atoms with Crippen LogP contribution in [0, 0.1) is 33.1 Å². The number of nitro groups is 1. The van der Waals surface area contributed by atoms with Crippen molar-refractivity contribution in [2.75, 3.05) is 0 Å². The second-order valence-corrected chi connectivity index (χ2v) is 6.04. The van der Waals surface area contributed by atoms with Crippen molar-refractivity contribution in [2.45, 2.75) is 30.7 Å². The van der Waals surface area contributed by atoms with Crippen LogP contribution in [-0.2, 0) is 10.0 Å². The van der Waals surface area contributed by atoms with E-state index in [0.29, 0.717) is 0 Å². The molecule has 1 unspecified atom stereocenters. The van der Waals surface area contributed by atoms with Crippen molar-refractivity contribution in [3.05, 3.63) is 33.9 Å². The topological polar surface area (TPSA) is 113 Å².